The first-order chi connectivity index (χ1) is 11.4. The van der Waals surface area contributed by atoms with Crippen LogP contribution in [0.1, 0.15) is 60.0 Å². The highest BCUT2D eigenvalue weighted by atomic mass is 79.9. The molecule has 0 heterocycles. The first-order valence-electron chi connectivity index (χ1n) is 8.57. The smallest absolute Gasteiger partial charge is 0.328 e. The number of hydrogen-bond donors (Lipinski definition) is 1. The highest BCUT2D eigenvalue weighted by Gasteiger charge is 2.27. The van der Waals surface area contributed by atoms with Crippen LogP contribution in [0.2, 0.25) is 0 Å². The van der Waals surface area contributed by atoms with E-state index in [9.17, 15) is 9.59 Å². The Bertz CT molecular complexity index is 586. The lowest BCUT2D eigenvalue weighted by molar-refractivity contribution is -0.143. The van der Waals surface area contributed by atoms with Gasteiger partial charge in [-0.3, -0.25) is 4.79 Å². The van der Waals surface area contributed by atoms with Crippen molar-refractivity contribution in [3.05, 3.63) is 33.3 Å². The second-order valence-corrected chi connectivity index (χ2v) is 7.51. The van der Waals surface area contributed by atoms with Crippen LogP contribution < -0.4 is 5.32 Å². The number of hydrogen-bond acceptors (Lipinski definition) is 3. The molecule has 1 aliphatic carbocycles. The molecule has 1 atom stereocenters. The van der Waals surface area contributed by atoms with Gasteiger partial charge >= 0.3 is 5.97 Å². The molecule has 1 unspecified atom stereocenters. The number of benzene rings is 1. The molecule has 4 nitrogen and oxygen atoms in total. The lowest BCUT2D eigenvalue weighted by atomic mass is 9.84. The van der Waals surface area contributed by atoms with Crippen LogP contribution >= 0.6 is 15.9 Å². The lowest BCUT2D eigenvalue weighted by Crippen LogP contribution is -2.43. The van der Waals surface area contributed by atoms with Gasteiger partial charge in [-0.2, -0.15) is 0 Å². The van der Waals surface area contributed by atoms with E-state index in [1.54, 1.807) is 0 Å². The van der Waals surface area contributed by atoms with Gasteiger partial charge in [0.15, 0.2) is 0 Å². The molecule has 1 fully saturated rings. The molecule has 1 aliphatic rings. The van der Waals surface area contributed by atoms with E-state index in [4.69, 9.17) is 4.74 Å². The molecule has 0 aromatic heterocycles. The molecule has 1 N–H and O–H groups in total. The highest BCUT2D eigenvalue weighted by Crippen LogP contribution is 2.28. The third-order valence-electron chi connectivity index (χ3n) is 4.78. The van der Waals surface area contributed by atoms with Crippen molar-refractivity contribution in [2.75, 3.05) is 7.11 Å². The molecule has 2 rings (SSSR count). The summed E-state index contributed by atoms with van der Waals surface area (Å²) in [5.74, 6) is -0.101. The van der Waals surface area contributed by atoms with Crippen molar-refractivity contribution in [1.29, 1.82) is 0 Å². The number of amides is 1. The molecule has 0 spiro atoms. The summed E-state index contributed by atoms with van der Waals surface area (Å²) in [6.07, 6.45) is 6.59. The van der Waals surface area contributed by atoms with Crippen LogP contribution in [0.4, 0.5) is 0 Å². The summed E-state index contributed by atoms with van der Waals surface area (Å²) >= 11 is 3.51. The number of carbonyl (C=O) groups excluding carboxylic acids is 2. The maximum atomic E-state index is 12.6. The average molecular weight is 396 g/mol. The van der Waals surface area contributed by atoms with Gasteiger partial charge in [-0.25, -0.2) is 4.79 Å². The molecule has 1 saturated carbocycles. The first kappa shape index (κ1) is 19.0. The number of carbonyl (C=O) groups is 2. The minimum absolute atomic E-state index is 0.222. The SMILES string of the molecule is COC(=O)C(CC1CCCCC1)NC(=O)c1cc(C)c(Br)c(C)c1. The normalized spacial score (nSPS) is 16.5. The summed E-state index contributed by atoms with van der Waals surface area (Å²) < 4.78 is 5.90. The largest absolute Gasteiger partial charge is 0.467 e. The number of rotatable bonds is 5. The zero-order valence-electron chi connectivity index (χ0n) is 14.7. The summed E-state index contributed by atoms with van der Waals surface area (Å²) in [7, 11) is 1.37. The maximum Gasteiger partial charge on any atom is 0.328 e. The van der Waals surface area contributed by atoms with Crippen molar-refractivity contribution in [2.45, 2.75) is 58.4 Å². The topological polar surface area (TPSA) is 55.4 Å². The van der Waals surface area contributed by atoms with Crippen LogP contribution in [0.15, 0.2) is 16.6 Å². The van der Waals surface area contributed by atoms with Crippen LogP contribution in [-0.2, 0) is 9.53 Å². The van der Waals surface area contributed by atoms with Crippen LogP contribution in [0, 0.1) is 19.8 Å². The Morgan fingerprint density at radius 2 is 1.79 bits per heavy atom. The van der Waals surface area contributed by atoms with Gasteiger partial charge in [-0.15, -0.1) is 0 Å². The first-order valence-corrected chi connectivity index (χ1v) is 9.37. The molecule has 0 radical (unpaired) electrons. The van der Waals surface area contributed by atoms with Crippen molar-refractivity contribution in [3.63, 3.8) is 0 Å². The van der Waals surface area contributed by atoms with Gasteiger partial charge in [-0.05, 0) is 49.4 Å². The van der Waals surface area contributed by atoms with Crippen molar-refractivity contribution in [1.82, 2.24) is 5.32 Å². The van der Waals surface area contributed by atoms with Crippen molar-refractivity contribution in [2.24, 2.45) is 5.92 Å². The van der Waals surface area contributed by atoms with E-state index in [1.807, 2.05) is 26.0 Å². The number of esters is 1. The van der Waals surface area contributed by atoms with E-state index in [2.05, 4.69) is 21.2 Å². The van der Waals surface area contributed by atoms with E-state index in [0.29, 0.717) is 17.9 Å². The predicted molar refractivity (Wildman–Crippen MR) is 98.1 cm³/mol. The van der Waals surface area contributed by atoms with E-state index in [1.165, 1.54) is 26.4 Å². The molecule has 1 amide bonds. The monoisotopic (exact) mass is 395 g/mol. The van der Waals surface area contributed by atoms with E-state index in [-0.39, 0.29) is 11.9 Å². The summed E-state index contributed by atoms with van der Waals surface area (Å²) in [4.78, 5) is 24.7. The van der Waals surface area contributed by atoms with Gasteiger partial charge in [-0.1, -0.05) is 48.0 Å². The molecule has 5 heteroatoms. The summed E-state index contributed by atoms with van der Waals surface area (Å²) in [6, 6.07) is 3.10. The van der Waals surface area contributed by atoms with Crippen LogP contribution in [0.3, 0.4) is 0 Å². The fourth-order valence-corrected chi connectivity index (χ4v) is 3.66. The molecule has 0 aliphatic heterocycles. The Morgan fingerprint density at radius 3 is 2.33 bits per heavy atom. The van der Waals surface area contributed by atoms with Crippen LogP contribution in [-0.4, -0.2) is 25.0 Å². The van der Waals surface area contributed by atoms with Gasteiger partial charge < -0.3 is 10.1 Å². The van der Waals surface area contributed by atoms with Gasteiger partial charge in [0.25, 0.3) is 5.91 Å². The standard InChI is InChI=1S/C19H26BrNO3/c1-12-9-15(10-13(2)17(12)20)18(22)21-16(19(23)24-3)11-14-7-5-4-6-8-14/h9-10,14,16H,4-8,11H2,1-3H3,(H,21,22). The summed E-state index contributed by atoms with van der Waals surface area (Å²) in [5.41, 5.74) is 2.58. The minimum Gasteiger partial charge on any atom is -0.467 e. The Kier molecular flexibility index (Phi) is 6.84. The fourth-order valence-electron chi connectivity index (χ4n) is 3.43. The molecule has 1 aromatic rings. The zero-order valence-corrected chi connectivity index (χ0v) is 16.2. The quantitative estimate of drug-likeness (QED) is 0.755. The highest BCUT2D eigenvalue weighted by molar-refractivity contribution is 9.10. The fraction of sp³-hybridized carbons (Fsp3) is 0.579. The predicted octanol–water partition coefficient (Wildman–Crippen LogP) is 4.31. The van der Waals surface area contributed by atoms with Gasteiger partial charge in [0.2, 0.25) is 0 Å². The number of nitrogens with one attached hydrogen (secondary N) is 1. The molecule has 0 saturated heterocycles. The Balaban J connectivity index is 2.10. The Morgan fingerprint density at radius 1 is 1.21 bits per heavy atom. The van der Waals surface area contributed by atoms with E-state index < -0.39 is 6.04 Å². The average Bonchev–Trinajstić information content (AvgIpc) is 2.58. The number of ether oxygens (including phenoxy) is 1. The van der Waals surface area contributed by atoms with E-state index >= 15 is 0 Å². The molecule has 1 aromatic carbocycles. The molecular weight excluding hydrogens is 370 g/mol. The maximum absolute atomic E-state index is 12.6. The zero-order chi connectivity index (χ0) is 17.7. The molecule has 0 bridgehead atoms. The lowest BCUT2D eigenvalue weighted by Gasteiger charge is -2.26. The number of halogens is 1. The van der Waals surface area contributed by atoms with E-state index in [0.717, 1.165) is 28.4 Å². The van der Waals surface area contributed by atoms with Gasteiger partial charge in [0.05, 0.1) is 7.11 Å². The summed E-state index contributed by atoms with van der Waals surface area (Å²) in [5, 5.41) is 2.88. The van der Waals surface area contributed by atoms with Crippen molar-refractivity contribution in [3.8, 4) is 0 Å². The van der Waals surface area contributed by atoms with Crippen molar-refractivity contribution >= 4 is 27.8 Å². The van der Waals surface area contributed by atoms with Crippen LogP contribution in [0.5, 0.6) is 0 Å². The third kappa shape index (κ3) is 4.82. The second-order valence-electron chi connectivity index (χ2n) is 6.71. The Labute approximate surface area is 152 Å². The van der Waals surface area contributed by atoms with Gasteiger partial charge in [0.1, 0.15) is 6.04 Å². The molecular formula is C19H26BrNO3. The second kappa shape index (κ2) is 8.65. The Hall–Kier alpha value is -1.36. The van der Waals surface area contributed by atoms with Crippen molar-refractivity contribution < 1.29 is 14.3 Å². The minimum atomic E-state index is -0.574. The number of aryl methyl sites for hydroxylation is 2. The third-order valence-corrected chi connectivity index (χ3v) is 6.03. The van der Waals surface area contributed by atoms with Crippen LogP contribution in [0.25, 0.3) is 0 Å². The molecule has 24 heavy (non-hydrogen) atoms. The summed E-state index contributed by atoms with van der Waals surface area (Å²) in [6.45, 7) is 3.90. The number of methoxy groups -OCH3 is 1. The van der Waals surface area contributed by atoms with Gasteiger partial charge in [0, 0.05) is 10.0 Å². The molecule has 132 valence electrons.